The van der Waals surface area contributed by atoms with Crippen LogP contribution in [-0.4, -0.2) is 18.6 Å². The van der Waals surface area contributed by atoms with Crippen LogP contribution in [0.25, 0.3) is 0 Å². The monoisotopic (exact) mass is 252 g/mol. The van der Waals surface area contributed by atoms with Gasteiger partial charge in [-0.15, -0.1) is 0 Å². The second-order valence-electron chi connectivity index (χ2n) is 4.48. The molecule has 0 radical (unpaired) electrons. The summed E-state index contributed by atoms with van der Waals surface area (Å²) >= 11 is 0. The topological polar surface area (TPSA) is 64.3 Å². The molecule has 0 bridgehead atoms. The van der Waals surface area contributed by atoms with Crippen LogP contribution in [0, 0.1) is 5.82 Å². The van der Waals surface area contributed by atoms with Gasteiger partial charge in [0, 0.05) is 12.3 Å². The number of hydrogen-bond donors (Lipinski definition) is 2. The number of halogens is 1. The van der Waals surface area contributed by atoms with Crippen LogP contribution in [0.4, 0.5) is 15.8 Å². The number of anilines is 2. The number of nitrogen functional groups attached to an aromatic ring is 1. The summed E-state index contributed by atoms with van der Waals surface area (Å²) in [5.74, 6) is -0.728. The molecule has 0 saturated carbocycles. The largest absolute Gasteiger partial charge is 0.399 e. The molecule has 1 aromatic rings. The van der Waals surface area contributed by atoms with Gasteiger partial charge in [-0.3, -0.25) is 4.79 Å². The van der Waals surface area contributed by atoms with E-state index in [1.165, 1.54) is 18.2 Å². The number of nitrogens with one attached hydrogen (secondary N) is 1. The van der Waals surface area contributed by atoms with Crippen LogP contribution in [0.1, 0.15) is 25.7 Å². The van der Waals surface area contributed by atoms with E-state index >= 15 is 0 Å². The molecule has 0 spiro atoms. The zero-order chi connectivity index (χ0) is 13.0. The molecule has 3 N–H and O–H groups in total. The van der Waals surface area contributed by atoms with Crippen molar-refractivity contribution in [2.24, 2.45) is 0 Å². The van der Waals surface area contributed by atoms with Crippen molar-refractivity contribution in [3.8, 4) is 0 Å². The molecule has 1 fully saturated rings. The van der Waals surface area contributed by atoms with Gasteiger partial charge in [0.15, 0.2) is 0 Å². The lowest BCUT2D eigenvalue weighted by atomic mass is 10.1. The molecule has 1 aliphatic heterocycles. The molecule has 1 unspecified atom stereocenters. The molecule has 1 saturated heterocycles. The molecule has 2 rings (SSSR count). The summed E-state index contributed by atoms with van der Waals surface area (Å²) in [5.41, 5.74) is 6.08. The molecule has 1 amide bonds. The predicted octanol–water partition coefficient (Wildman–Crippen LogP) is 2.31. The second kappa shape index (κ2) is 5.82. The lowest BCUT2D eigenvalue weighted by molar-refractivity contribution is -0.119. The first-order chi connectivity index (χ1) is 8.65. The Bertz CT molecular complexity index is 431. The first kappa shape index (κ1) is 12.8. The van der Waals surface area contributed by atoms with E-state index in [-0.39, 0.29) is 24.1 Å². The normalized spacial score (nSPS) is 19.5. The van der Waals surface area contributed by atoms with Gasteiger partial charge < -0.3 is 15.8 Å². The first-order valence-electron chi connectivity index (χ1n) is 6.11. The quantitative estimate of drug-likeness (QED) is 0.811. The van der Waals surface area contributed by atoms with E-state index in [0.717, 1.165) is 19.3 Å². The molecular weight excluding hydrogens is 235 g/mol. The summed E-state index contributed by atoms with van der Waals surface area (Å²) in [6.07, 6.45) is 3.20. The zero-order valence-corrected chi connectivity index (χ0v) is 10.1. The average Bonchev–Trinajstić information content (AvgIpc) is 2.35. The van der Waals surface area contributed by atoms with Crippen LogP contribution in [-0.2, 0) is 9.53 Å². The molecule has 1 heterocycles. The van der Waals surface area contributed by atoms with Crippen LogP contribution in [0.5, 0.6) is 0 Å². The van der Waals surface area contributed by atoms with Crippen molar-refractivity contribution in [3.05, 3.63) is 24.0 Å². The van der Waals surface area contributed by atoms with Gasteiger partial charge in [-0.05, 0) is 37.5 Å². The molecule has 0 aliphatic carbocycles. The summed E-state index contributed by atoms with van der Waals surface area (Å²) in [4.78, 5) is 11.7. The Hall–Kier alpha value is -1.62. The molecule has 1 atom stereocenters. The maximum atomic E-state index is 13.4. The third-order valence-electron chi connectivity index (χ3n) is 2.95. The van der Waals surface area contributed by atoms with Gasteiger partial charge in [-0.2, -0.15) is 0 Å². The molecule has 18 heavy (non-hydrogen) atoms. The van der Waals surface area contributed by atoms with Crippen molar-refractivity contribution in [2.75, 3.05) is 17.7 Å². The number of ether oxygens (including phenoxy) is 1. The molecule has 5 heteroatoms. The highest BCUT2D eigenvalue weighted by atomic mass is 19.1. The lowest BCUT2D eigenvalue weighted by Crippen LogP contribution is -2.25. The van der Waals surface area contributed by atoms with E-state index in [2.05, 4.69) is 5.32 Å². The SMILES string of the molecule is Nc1ccc(F)c(NC(=O)CC2CCCCO2)c1. The highest BCUT2D eigenvalue weighted by Crippen LogP contribution is 2.19. The number of carbonyl (C=O) groups is 1. The van der Waals surface area contributed by atoms with Crippen molar-refractivity contribution in [1.82, 2.24) is 0 Å². The van der Waals surface area contributed by atoms with Gasteiger partial charge in [-0.25, -0.2) is 4.39 Å². The Balaban J connectivity index is 1.92. The van der Waals surface area contributed by atoms with Crippen molar-refractivity contribution in [3.63, 3.8) is 0 Å². The predicted molar refractivity (Wildman–Crippen MR) is 67.7 cm³/mol. The molecular formula is C13H17FN2O2. The minimum atomic E-state index is -0.484. The first-order valence-corrected chi connectivity index (χ1v) is 6.11. The second-order valence-corrected chi connectivity index (χ2v) is 4.48. The molecule has 1 aromatic carbocycles. The van der Waals surface area contributed by atoms with Crippen molar-refractivity contribution in [1.29, 1.82) is 0 Å². The fourth-order valence-electron chi connectivity index (χ4n) is 2.02. The summed E-state index contributed by atoms with van der Waals surface area (Å²) in [7, 11) is 0. The number of nitrogens with two attached hydrogens (primary N) is 1. The number of hydrogen-bond acceptors (Lipinski definition) is 3. The van der Waals surface area contributed by atoms with Crippen molar-refractivity contribution in [2.45, 2.75) is 31.8 Å². The standard InChI is InChI=1S/C13H17FN2O2/c14-11-5-4-9(15)7-12(11)16-13(17)8-10-3-1-2-6-18-10/h4-5,7,10H,1-3,6,8,15H2,(H,16,17). The minimum absolute atomic E-state index is 0.0529. The number of amides is 1. The summed E-state index contributed by atoms with van der Waals surface area (Å²) in [6, 6.07) is 4.10. The Kier molecular flexibility index (Phi) is 4.15. The summed E-state index contributed by atoms with van der Waals surface area (Å²) < 4.78 is 18.9. The van der Waals surface area contributed by atoms with Gasteiger partial charge in [0.2, 0.25) is 5.91 Å². The van der Waals surface area contributed by atoms with Crippen molar-refractivity contribution >= 4 is 17.3 Å². The maximum absolute atomic E-state index is 13.4. The van der Waals surface area contributed by atoms with E-state index in [1.807, 2.05) is 0 Å². The fourth-order valence-corrected chi connectivity index (χ4v) is 2.02. The highest BCUT2D eigenvalue weighted by molar-refractivity contribution is 5.91. The van der Waals surface area contributed by atoms with Gasteiger partial charge in [-0.1, -0.05) is 0 Å². The zero-order valence-electron chi connectivity index (χ0n) is 10.1. The van der Waals surface area contributed by atoms with Crippen LogP contribution >= 0.6 is 0 Å². The fraction of sp³-hybridized carbons (Fsp3) is 0.462. The average molecular weight is 252 g/mol. The maximum Gasteiger partial charge on any atom is 0.227 e. The van der Waals surface area contributed by atoms with Gasteiger partial charge >= 0.3 is 0 Å². The molecule has 0 aromatic heterocycles. The Morgan fingerprint density at radius 3 is 3.06 bits per heavy atom. The van der Waals surface area contributed by atoms with Gasteiger partial charge in [0.05, 0.1) is 18.2 Å². The van der Waals surface area contributed by atoms with E-state index < -0.39 is 5.82 Å². The van der Waals surface area contributed by atoms with Crippen LogP contribution in [0.15, 0.2) is 18.2 Å². The lowest BCUT2D eigenvalue weighted by Gasteiger charge is -2.22. The number of rotatable bonds is 3. The Morgan fingerprint density at radius 1 is 1.50 bits per heavy atom. The van der Waals surface area contributed by atoms with E-state index in [0.29, 0.717) is 12.3 Å². The van der Waals surface area contributed by atoms with Gasteiger partial charge in [0.25, 0.3) is 0 Å². The Morgan fingerprint density at radius 2 is 2.33 bits per heavy atom. The molecule has 98 valence electrons. The van der Waals surface area contributed by atoms with Crippen LogP contribution in [0.2, 0.25) is 0 Å². The van der Waals surface area contributed by atoms with E-state index in [9.17, 15) is 9.18 Å². The van der Waals surface area contributed by atoms with Gasteiger partial charge in [0.1, 0.15) is 5.82 Å². The molecule has 1 aliphatic rings. The third kappa shape index (κ3) is 3.43. The highest BCUT2D eigenvalue weighted by Gasteiger charge is 2.18. The minimum Gasteiger partial charge on any atom is -0.399 e. The number of benzene rings is 1. The Labute approximate surface area is 105 Å². The van der Waals surface area contributed by atoms with Crippen LogP contribution in [0.3, 0.4) is 0 Å². The van der Waals surface area contributed by atoms with Crippen LogP contribution < -0.4 is 11.1 Å². The molecule has 4 nitrogen and oxygen atoms in total. The van der Waals surface area contributed by atoms with E-state index in [4.69, 9.17) is 10.5 Å². The number of carbonyl (C=O) groups excluding carboxylic acids is 1. The van der Waals surface area contributed by atoms with E-state index in [1.54, 1.807) is 0 Å². The van der Waals surface area contributed by atoms with Crippen molar-refractivity contribution < 1.29 is 13.9 Å². The smallest absolute Gasteiger partial charge is 0.227 e. The summed E-state index contributed by atoms with van der Waals surface area (Å²) in [6.45, 7) is 0.699. The third-order valence-corrected chi connectivity index (χ3v) is 2.95. The summed E-state index contributed by atoms with van der Waals surface area (Å²) in [5, 5.41) is 2.52.